The number of carbonyl (C=O) groups excluding carboxylic acids is 2. The van der Waals surface area contributed by atoms with Crippen LogP contribution in [0.4, 0.5) is 17.1 Å². The van der Waals surface area contributed by atoms with Crippen molar-refractivity contribution in [3.05, 3.63) is 59.8 Å². The number of piperidine rings is 1. The van der Waals surface area contributed by atoms with Gasteiger partial charge in [-0.15, -0.1) is 0 Å². The van der Waals surface area contributed by atoms with Crippen LogP contribution in [0, 0.1) is 0 Å². The third kappa shape index (κ3) is 17.7. The Bertz CT molecular complexity index is 987. The van der Waals surface area contributed by atoms with E-state index in [1.807, 2.05) is 157 Å². The number of nitrogens with one attached hydrogen (secondary N) is 2. The Kier molecular flexibility index (Phi) is 36.2. The van der Waals surface area contributed by atoms with Crippen LogP contribution < -0.4 is 25.2 Å². The number of ether oxygens (including phenoxy) is 1. The molecule has 0 aliphatic carbocycles. The first-order valence-electron chi connectivity index (χ1n) is 17.5. The molecule has 0 bridgehead atoms. The zero-order chi connectivity index (χ0) is 35.8. The molecule has 0 radical (unpaired) electrons. The number of rotatable bonds is 9. The van der Waals surface area contributed by atoms with E-state index in [9.17, 15) is 9.59 Å². The van der Waals surface area contributed by atoms with E-state index in [0.717, 1.165) is 47.8 Å². The maximum Gasteiger partial charge on any atom is 0.274 e. The Hall–Kier alpha value is -3.32. The van der Waals surface area contributed by atoms with Gasteiger partial charge in [-0.3, -0.25) is 9.59 Å². The summed E-state index contributed by atoms with van der Waals surface area (Å²) < 4.78 is 5.23. The van der Waals surface area contributed by atoms with Crippen LogP contribution in [0.5, 0.6) is 5.75 Å². The highest BCUT2D eigenvalue weighted by Crippen LogP contribution is 2.26. The highest BCUT2D eigenvalue weighted by Gasteiger charge is 2.23. The molecule has 1 aliphatic rings. The quantitative estimate of drug-likeness (QED) is 0.270. The molecule has 2 amide bonds. The van der Waals surface area contributed by atoms with Crippen LogP contribution in [0.15, 0.2) is 59.8 Å². The van der Waals surface area contributed by atoms with Crippen molar-refractivity contribution in [1.29, 1.82) is 0 Å². The summed E-state index contributed by atoms with van der Waals surface area (Å²) in [6, 6.07) is 15.2. The van der Waals surface area contributed by atoms with Crippen molar-refractivity contribution in [1.82, 2.24) is 5.32 Å². The summed E-state index contributed by atoms with van der Waals surface area (Å²) in [5.41, 5.74) is 3.93. The zero-order valence-corrected chi connectivity index (χ0v) is 32.0. The molecule has 45 heavy (non-hydrogen) atoms. The fourth-order valence-corrected chi connectivity index (χ4v) is 3.98. The molecule has 260 valence electrons. The minimum absolute atomic E-state index is 0.108. The average Bonchev–Trinajstić information content (AvgIpc) is 3.13. The molecule has 2 N–H and O–H groups in total. The van der Waals surface area contributed by atoms with E-state index >= 15 is 0 Å². The standard InChI is InChI=1S/C26H34N4O3.6C2H6/c1-5-29(21-11-13-22(14-12-21)30-17-7-6-8-24(30)31)26(32)25(19(2)18-27-3)28-20-9-15-23(33-4)16-10-20;6*1-2/h9-16,27-28H,5-8,17-18H2,1-4H3;6*1-2H3/b25-19-;;;;;;. The minimum Gasteiger partial charge on any atom is -0.497 e. The third-order valence-electron chi connectivity index (χ3n) is 5.80. The number of amides is 2. The molecule has 1 heterocycles. The first-order chi connectivity index (χ1) is 22.0. The summed E-state index contributed by atoms with van der Waals surface area (Å²) in [5.74, 6) is 0.809. The van der Waals surface area contributed by atoms with Crippen molar-refractivity contribution < 1.29 is 14.3 Å². The number of carbonyl (C=O) groups is 2. The minimum atomic E-state index is -0.108. The van der Waals surface area contributed by atoms with Gasteiger partial charge in [0.05, 0.1) is 7.11 Å². The number of methoxy groups -OCH3 is 1. The predicted molar refractivity (Wildman–Crippen MR) is 202 cm³/mol. The molecule has 7 heteroatoms. The highest BCUT2D eigenvalue weighted by molar-refractivity contribution is 6.08. The molecule has 1 fully saturated rings. The third-order valence-corrected chi connectivity index (χ3v) is 5.80. The maximum atomic E-state index is 13.6. The van der Waals surface area contributed by atoms with Crippen molar-refractivity contribution in [3.63, 3.8) is 0 Å². The number of hydrogen-bond acceptors (Lipinski definition) is 5. The number of benzene rings is 2. The number of nitrogens with zero attached hydrogens (tertiary/aromatic N) is 2. The van der Waals surface area contributed by atoms with E-state index in [1.165, 1.54) is 0 Å². The molecule has 1 aliphatic heterocycles. The van der Waals surface area contributed by atoms with E-state index < -0.39 is 0 Å². The van der Waals surface area contributed by atoms with Gasteiger partial charge in [0.15, 0.2) is 0 Å². The molecule has 2 aromatic carbocycles. The maximum absolute atomic E-state index is 13.6. The number of likely N-dealkylation sites (N-methyl/N-ethyl adjacent to an activating group) is 2. The van der Waals surface area contributed by atoms with Gasteiger partial charge in [0.25, 0.3) is 5.91 Å². The van der Waals surface area contributed by atoms with Crippen molar-refractivity contribution in [3.8, 4) is 5.75 Å². The Balaban J connectivity index is -0.000000627. The van der Waals surface area contributed by atoms with Gasteiger partial charge >= 0.3 is 0 Å². The van der Waals surface area contributed by atoms with Gasteiger partial charge in [0, 0.05) is 43.1 Å². The molecule has 0 aromatic heterocycles. The van der Waals surface area contributed by atoms with Crippen molar-refractivity contribution in [2.75, 3.05) is 48.9 Å². The summed E-state index contributed by atoms with van der Waals surface area (Å²) in [5, 5.41) is 6.43. The summed E-state index contributed by atoms with van der Waals surface area (Å²) in [6.45, 7) is 29.7. The Labute approximate surface area is 278 Å². The van der Waals surface area contributed by atoms with E-state index in [2.05, 4.69) is 10.6 Å². The molecule has 0 saturated carbocycles. The second kappa shape index (κ2) is 33.6. The molecule has 3 rings (SSSR count). The molecule has 2 aromatic rings. The summed E-state index contributed by atoms with van der Waals surface area (Å²) in [4.78, 5) is 29.5. The van der Waals surface area contributed by atoms with Crippen LogP contribution in [-0.4, -0.2) is 45.6 Å². The van der Waals surface area contributed by atoms with Crippen LogP contribution in [0.3, 0.4) is 0 Å². The van der Waals surface area contributed by atoms with Crippen LogP contribution in [0.2, 0.25) is 0 Å². The summed E-state index contributed by atoms with van der Waals surface area (Å²) in [6.07, 6.45) is 2.56. The van der Waals surface area contributed by atoms with Gasteiger partial charge in [-0.1, -0.05) is 83.1 Å². The smallest absolute Gasteiger partial charge is 0.274 e. The molecule has 0 unspecified atom stereocenters. The molecule has 7 nitrogen and oxygen atoms in total. The average molecular weight is 631 g/mol. The summed E-state index contributed by atoms with van der Waals surface area (Å²) in [7, 11) is 3.48. The lowest BCUT2D eigenvalue weighted by Crippen LogP contribution is -2.36. The van der Waals surface area contributed by atoms with E-state index in [0.29, 0.717) is 25.2 Å². The molecule has 1 saturated heterocycles. The second-order valence-electron chi connectivity index (χ2n) is 8.11. The molecule has 0 spiro atoms. The predicted octanol–water partition coefficient (Wildman–Crippen LogP) is 10.3. The SMILES string of the molecule is CC.CC.CC.CC.CC.CC.CCN(C(=O)/C(Nc1ccc(OC)cc1)=C(\C)CNC)c1ccc(N2CCCCC2=O)cc1. The topological polar surface area (TPSA) is 73.9 Å². The summed E-state index contributed by atoms with van der Waals surface area (Å²) >= 11 is 0. The van der Waals surface area contributed by atoms with E-state index in [-0.39, 0.29) is 11.8 Å². The molecule has 0 atom stereocenters. The van der Waals surface area contributed by atoms with E-state index in [1.54, 1.807) is 12.0 Å². The Morgan fingerprint density at radius 2 is 1.33 bits per heavy atom. The number of anilines is 3. The Morgan fingerprint density at radius 1 is 0.822 bits per heavy atom. The van der Waals surface area contributed by atoms with Gasteiger partial charge in [-0.25, -0.2) is 0 Å². The zero-order valence-electron chi connectivity index (χ0n) is 32.0. The molecular weight excluding hydrogens is 560 g/mol. The monoisotopic (exact) mass is 631 g/mol. The lowest BCUT2D eigenvalue weighted by molar-refractivity contribution is -0.119. The van der Waals surface area contributed by atoms with Gasteiger partial charge in [0.2, 0.25) is 5.91 Å². The van der Waals surface area contributed by atoms with Gasteiger partial charge in [-0.05, 0) is 87.8 Å². The van der Waals surface area contributed by atoms with Gasteiger partial charge in [-0.2, -0.15) is 0 Å². The van der Waals surface area contributed by atoms with Crippen molar-refractivity contribution in [2.24, 2.45) is 0 Å². The first-order valence-corrected chi connectivity index (χ1v) is 17.5. The van der Waals surface area contributed by atoms with Crippen LogP contribution in [0.25, 0.3) is 0 Å². The normalized spacial score (nSPS) is 11.5. The Morgan fingerprint density at radius 3 is 1.76 bits per heavy atom. The highest BCUT2D eigenvalue weighted by atomic mass is 16.5. The van der Waals surface area contributed by atoms with E-state index in [4.69, 9.17) is 4.74 Å². The van der Waals surface area contributed by atoms with Crippen molar-refractivity contribution >= 4 is 28.9 Å². The van der Waals surface area contributed by atoms with Gasteiger partial charge < -0.3 is 25.2 Å². The van der Waals surface area contributed by atoms with Crippen molar-refractivity contribution in [2.45, 2.75) is 116 Å². The largest absolute Gasteiger partial charge is 0.497 e. The lowest BCUT2D eigenvalue weighted by atomic mass is 10.1. The van der Waals surface area contributed by atoms with Gasteiger partial charge in [0.1, 0.15) is 11.4 Å². The fourth-order valence-electron chi connectivity index (χ4n) is 3.98. The lowest BCUT2D eigenvalue weighted by Gasteiger charge is -2.28. The fraction of sp³-hybridized carbons (Fsp3) is 0.579. The number of hydrogen-bond donors (Lipinski definition) is 2. The van der Waals surface area contributed by atoms with Crippen LogP contribution >= 0.6 is 0 Å². The second-order valence-corrected chi connectivity index (χ2v) is 8.11. The first kappa shape index (κ1) is 48.6. The van der Waals surface area contributed by atoms with Crippen LogP contribution in [0.1, 0.15) is 116 Å². The molecular formula is C38H70N4O3. The van der Waals surface area contributed by atoms with Crippen LogP contribution in [-0.2, 0) is 9.59 Å².